The van der Waals surface area contributed by atoms with Gasteiger partial charge in [0, 0.05) is 57.7 Å². The summed E-state index contributed by atoms with van der Waals surface area (Å²) in [4.78, 5) is 22.5. The van der Waals surface area contributed by atoms with Crippen molar-refractivity contribution in [3.63, 3.8) is 0 Å². The predicted octanol–water partition coefficient (Wildman–Crippen LogP) is 2.00. The third-order valence-electron chi connectivity index (χ3n) is 4.34. The van der Waals surface area contributed by atoms with Crippen LogP contribution in [0.3, 0.4) is 0 Å². The van der Waals surface area contributed by atoms with Crippen LogP contribution in [0.4, 0.5) is 9.93 Å². The zero-order valence-corrected chi connectivity index (χ0v) is 13.8. The highest BCUT2D eigenvalue weighted by molar-refractivity contribution is 7.09. The Balaban J connectivity index is 1.55. The fourth-order valence-electron chi connectivity index (χ4n) is 2.78. The van der Waals surface area contributed by atoms with Crippen LogP contribution in [0.5, 0.6) is 0 Å². The number of carbonyl (C=O) groups is 1. The van der Waals surface area contributed by atoms with Crippen LogP contribution in [0, 0.1) is 0 Å². The van der Waals surface area contributed by atoms with Gasteiger partial charge in [-0.2, -0.15) is 4.37 Å². The average molecular weight is 309 g/mol. The third kappa shape index (κ3) is 3.12. The van der Waals surface area contributed by atoms with Gasteiger partial charge in [0.2, 0.25) is 5.13 Å². The van der Waals surface area contributed by atoms with E-state index in [0.29, 0.717) is 12.0 Å². The van der Waals surface area contributed by atoms with Gasteiger partial charge in [-0.05, 0) is 25.7 Å². The van der Waals surface area contributed by atoms with Gasteiger partial charge in [-0.25, -0.2) is 9.78 Å². The number of piperidine rings is 1. The minimum atomic E-state index is 0.0837. The maximum atomic E-state index is 12.0. The van der Waals surface area contributed by atoms with E-state index in [0.717, 1.165) is 36.9 Å². The molecule has 0 N–H and O–H groups in total. The van der Waals surface area contributed by atoms with E-state index < -0.39 is 0 Å². The molecule has 2 amide bonds. The molecule has 3 rings (SSSR count). The summed E-state index contributed by atoms with van der Waals surface area (Å²) in [5.74, 6) is 1.66. The standard InChI is InChI=1S/C14H23N5OS/c1-17(2)14(20)18(3)11-6-8-19(9-7-11)13-15-12(16-21-13)10-4-5-10/h10-11H,4-9H2,1-3H3. The molecule has 1 aromatic heterocycles. The summed E-state index contributed by atoms with van der Waals surface area (Å²) in [6, 6.07) is 0.410. The maximum absolute atomic E-state index is 12.0. The molecule has 1 saturated carbocycles. The van der Waals surface area contributed by atoms with Crippen molar-refractivity contribution in [2.75, 3.05) is 39.1 Å². The summed E-state index contributed by atoms with van der Waals surface area (Å²) in [5.41, 5.74) is 0. The Morgan fingerprint density at radius 3 is 2.43 bits per heavy atom. The van der Waals surface area contributed by atoms with Gasteiger partial charge in [-0.3, -0.25) is 0 Å². The van der Waals surface area contributed by atoms with E-state index in [9.17, 15) is 4.79 Å². The second-order valence-electron chi connectivity index (χ2n) is 6.22. The Morgan fingerprint density at radius 1 is 1.19 bits per heavy atom. The molecule has 2 fully saturated rings. The number of nitrogens with zero attached hydrogens (tertiary/aromatic N) is 5. The average Bonchev–Trinajstić information content (AvgIpc) is 3.23. The first kappa shape index (κ1) is 14.6. The highest BCUT2D eigenvalue weighted by atomic mass is 32.1. The highest BCUT2D eigenvalue weighted by Crippen LogP contribution is 2.40. The molecule has 2 heterocycles. The first-order valence-corrected chi connectivity index (χ1v) is 8.36. The summed E-state index contributed by atoms with van der Waals surface area (Å²) in [7, 11) is 5.50. The zero-order valence-electron chi connectivity index (χ0n) is 12.9. The lowest BCUT2D eigenvalue weighted by molar-refractivity contribution is 0.155. The smallest absolute Gasteiger partial charge is 0.319 e. The SMILES string of the molecule is CN(C)C(=O)N(C)C1CCN(c2nc(C3CC3)ns2)CC1. The maximum Gasteiger partial charge on any atom is 0.319 e. The van der Waals surface area contributed by atoms with Crippen LogP contribution in [0.2, 0.25) is 0 Å². The lowest BCUT2D eigenvalue weighted by atomic mass is 10.0. The molecular weight excluding hydrogens is 286 g/mol. The van der Waals surface area contributed by atoms with Crippen molar-refractivity contribution in [2.45, 2.75) is 37.6 Å². The Kier molecular flexibility index (Phi) is 4.01. The molecule has 21 heavy (non-hydrogen) atoms. The van der Waals surface area contributed by atoms with Gasteiger partial charge in [-0.15, -0.1) is 0 Å². The van der Waals surface area contributed by atoms with Crippen LogP contribution in [0.15, 0.2) is 0 Å². The van der Waals surface area contributed by atoms with E-state index in [1.807, 2.05) is 11.9 Å². The van der Waals surface area contributed by atoms with Crippen LogP contribution in [0.25, 0.3) is 0 Å². The number of aromatic nitrogens is 2. The first-order chi connectivity index (χ1) is 10.1. The third-order valence-corrected chi connectivity index (χ3v) is 5.13. The molecular formula is C14H23N5OS. The second-order valence-corrected chi connectivity index (χ2v) is 6.95. The minimum absolute atomic E-state index is 0.0837. The molecule has 0 unspecified atom stereocenters. The molecule has 0 spiro atoms. The van der Waals surface area contributed by atoms with E-state index in [1.54, 1.807) is 19.0 Å². The Bertz CT molecular complexity index is 505. The van der Waals surface area contributed by atoms with E-state index in [2.05, 4.69) is 14.3 Å². The van der Waals surface area contributed by atoms with E-state index in [1.165, 1.54) is 24.4 Å². The lowest BCUT2D eigenvalue weighted by Crippen LogP contribution is -2.48. The van der Waals surface area contributed by atoms with Crippen LogP contribution in [0.1, 0.15) is 37.4 Å². The molecule has 116 valence electrons. The molecule has 0 aromatic carbocycles. The largest absolute Gasteiger partial charge is 0.347 e. The number of carbonyl (C=O) groups excluding carboxylic acids is 1. The van der Waals surface area contributed by atoms with E-state index >= 15 is 0 Å². The van der Waals surface area contributed by atoms with Crippen molar-refractivity contribution in [1.82, 2.24) is 19.2 Å². The fourth-order valence-corrected chi connectivity index (χ4v) is 3.58. The Hall–Kier alpha value is -1.37. The summed E-state index contributed by atoms with van der Waals surface area (Å²) in [6.07, 6.45) is 4.48. The normalized spacial score (nSPS) is 19.7. The number of amides is 2. The van der Waals surface area contributed by atoms with Gasteiger partial charge in [0.1, 0.15) is 5.82 Å². The molecule has 2 aliphatic rings. The van der Waals surface area contributed by atoms with Crippen molar-refractivity contribution in [2.24, 2.45) is 0 Å². The van der Waals surface area contributed by atoms with Gasteiger partial charge in [0.05, 0.1) is 0 Å². The first-order valence-electron chi connectivity index (χ1n) is 7.59. The predicted molar refractivity (Wildman–Crippen MR) is 84.0 cm³/mol. The lowest BCUT2D eigenvalue weighted by Gasteiger charge is -2.37. The van der Waals surface area contributed by atoms with Gasteiger partial charge in [-0.1, -0.05) is 0 Å². The van der Waals surface area contributed by atoms with Crippen molar-refractivity contribution in [3.05, 3.63) is 5.82 Å². The van der Waals surface area contributed by atoms with Gasteiger partial charge in [0.15, 0.2) is 0 Å². The van der Waals surface area contributed by atoms with Crippen molar-refractivity contribution < 1.29 is 4.79 Å². The minimum Gasteiger partial charge on any atom is -0.347 e. The fraction of sp³-hybridized carbons (Fsp3) is 0.786. The molecule has 0 bridgehead atoms. The molecule has 6 nitrogen and oxygen atoms in total. The van der Waals surface area contributed by atoms with Gasteiger partial charge in [0.25, 0.3) is 0 Å². The van der Waals surface area contributed by atoms with E-state index in [4.69, 9.17) is 0 Å². The van der Waals surface area contributed by atoms with Crippen LogP contribution < -0.4 is 4.90 Å². The van der Waals surface area contributed by atoms with Crippen molar-refractivity contribution in [3.8, 4) is 0 Å². The summed E-state index contributed by atoms with van der Waals surface area (Å²) >= 11 is 1.52. The van der Waals surface area contributed by atoms with Crippen LogP contribution in [-0.2, 0) is 0 Å². The number of hydrogen-bond donors (Lipinski definition) is 0. The summed E-state index contributed by atoms with van der Waals surface area (Å²) < 4.78 is 4.48. The summed E-state index contributed by atoms with van der Waals surface area (Å²) in [6.45, 7) is 1.91. The quantitative estimate of drug-likeness (QED) is 0.857. The Morgan fingerprint density at radius 2 is 1.86 bits per heavy atom. The molecule has 1 aliphatic carbocycles. The number of urea groups is 1. The topological polar surface area (TPSA) is 52.6 Å². The molecule has 1 aliphatic heterocycles. The number of anilines is 1. The summed E-state index contributed by atoms with van der Waals surface area (Å²) in [5, 5.41) is 1.05. The monoisotopic (exact) mass is 309 g/mol. The molecule has 0 atom stereocenters. The van der Waals surface area contributed by atoms with Crippen molar-refractivity contribution >= 4 is 22.7 Å². The molecule has 1 saturated heterocycles. The molecule has 1 aromatic rings. The van der Waals surface area contributed by atoms with Crippen LogP contribution in [-0.4, -0.2) is 65.5 Å². The Labute approximate surface area is 129 Å². The second kappa shape index (κ2) is 5.79. The highest BCUT2D eigenvalue weighted by Gasteiger charge is 2.30. The van der Waals surface area contributed by atoms with Gasteiger partial charge >= 0.3 is 6.03 Å². The number of hydrogen-bond acceptors (Lipinski definition) is 5. The molecule has 7 heteroatoms. The van der Waals surface area contributed by atoms with Crippen molar-refractivity contribution in [1.29, 1.82) is 0 Å². The zero-order chi connectivity index (χ0) is 15.0. The van der Waals surface area contributed by atoms with E-state index in [-0.39, 0.29) is 6.03 Å². The van der Waals surface area contributed by atoms with Crippen LogP contribution >= 0.6 is 11.5 Å². The number of rotatable bonds is 3. The van der Waals surface area contributed by atoms with Gasteiger partial charge < -0.3 is 14.7 Å². The molecule has 0 radical (unpaired) electrons.